The van der Waals surface area contributed by atoms with Crippen molar-refractivity contribution in [3.05, 3.63) is 120 Å². The van der Waals surface area contributed by atoms with Gasteiger partial charge in [-0.1, -0.05) is 84.9 Å². The molecule has 3 aromatic carbocycles. The molecule has 0 N–H and O–H groups in total. The minimum atomic E-state index is -0.805. The molecule has 0 radical (unpaired) electrons. The molecule has 4 rings (SSSR count). The summed E-state index contributed by atoms with van der Waals surface area (Å²) in [7, 11) is 0. The first-order valence-electron chi connectivity index (χ1n) is 14.4. The fourth-order valence-corrected chi connectivity index (χ4v) is 4.89. The summed E-state index contributed by atoms with van der Waals surface area (Å²) in [4.78, 5) is 40.4. The van der Waals surface area contributed by atoms with Gasteiger partial charge in [0.25, 0.3) is 0 Å². The van der Waals surface area contributed by atoms with Crippen LogP contribution in [0.5, 0.6) is 0 Å². The van der Waals surface area contributed by atoms with Gasteiger partial charge in [0.1, 0.15) is 24.4 Å². The van der Waals surface area contributed by atoms with Crippen LogP contribution in [0.3, 0.4) is 0 Å². The lowest BCUT2D eigenvalue weighted by Gasteiger charge is -2.32. The molecule has 1 saturated heterocycles. The molecule has 0 spiro atoms. The van der Waals surface area contributed by atoms with Crippen molar-refractivity contribution in [2.24, 2.45) is 0 Å². The van der Waals surface area contributed by atoms with Crippen LogP contribution in [0.2, 0.25) is 0 Å². The Hall–Kier alpha value is -4.27. The maximum absolute atomic E-state index is 13.8. The molecule has 8 heteroatoms. The number of amides is 1. The van der Waals surface area contributed by atoms with E-state index in [2.05, 4.69) is 0 Å². The van der Waals surface area contributed by atoms with Gasteiger partial charge in [0.15, 0.2) is 5.78 Å². The van der Waals surface area contributed by atoms with E-state index in [9.17, 15) is 14.4 Å². The molecule has 0 unspecified atom stereocenters. The van der Waals surface area contributed by atoms with Gasteiger partial charge in [-0.05, 0) is 57.0 Å². The number of ketones is 1. The Kier molecular flexibility index (Phi) is 10.9. The van der Waals surface area contributed by atoms with Crippen LogP contribution in [0.4, 0.5) is 4.79 Å². The normalized spacial score (nSPS) is 20.2. The van der Waals surface area contributed by atoms with E-state index in [1.807, 2.05) is 66.7 Å². The van der Waals surface area contributed by atoms with E-state index in [1.165, 1.54) is 17.9 Å². The average Bonchev–Trinajstić information content (AvgIpc) is 3.29. The Morgan fingerprint density at radius 3 is 1.79 bits per heavy atom. The smallest absolute Gasteiger partial charge is 0.411 e. The monoisotopic (exact) mass is 585 g/mol. The number of ether oxygens (including phenoxy) is 4. The summed E-state index contributed by atoms with van der Waals surface area (Å²) in [5.74, 6) is -0.720. The molecule has 1 heterocycles. The van der Waals surface area contributed by atoms with Crippen molar-refractivity contribution in [3.8, 4) is 0 Å². The van der Waals surface area contributed by atoms with E-state index in [-0.39, 0.29) is 25.6 Å². The second kappa shape index (κ2) is 14.8. The van der Waals surface area contributed by atoms with Crippen LogP contribution in [-0.2, 0) is 37.0 Å². The zero-order valence-electron chi connectivity index (χ0n) is 25.1. The molecule has 3 aromatic rings. The average molecular weight is 586 g/mol. The first kappa shape index (κ1) is 31.7. The third kappa shape index (κ3) is 9.11. The van der Waals surface area contributed by atoms with Gasteiger partial charge >= 0.3 is 12.1 Å². The minimum absolute atomic E-state index is 0.179. The molecule has 0 saturated carbocycles. The van der Waals surface area contributed by atoms with E-state index in [1.54, 1.807) is 51.1 Å². The Balaban J connectivity index is 1.72. The fourth-order valence-electron chi connectivity index (χ4n) is 4.89. The number of esters is 1. The van der Waals surface area contributed by atoms with Gasteiger partial charge in [-0.25, -0.2) is 9.59 Å². The summed E-state index contributed by atoms with van der Waals surface area (Å²) < 4.78 is 24.6. The molecule has 226 valence electrons. The van der Waals surface area contributed by atoms with Gasteiger partial charge in [-0.2, -0.15) is 0 Å². The Morgan fingerprint density at radius 1 is 0.767 bits per heavy atom. The molecule has 0 aliphatic carbocycles. The number of hydrogen-bond donors (Lipinski definition) is 0. The maximum atomic E-state index is 13.8. The zero-order valence-corrected chi connectivity index (χ0v) is 25.1. The zero-order chi connectivity index (χ0) is 30.8. The van der Waals surface area contributed by atoms with Gasteiger partial charge in [0.05, 0.1) is 30.9 Å². The summed E-state index contributed by atoms with van der Waals surface area (Å²) in [5.41, 5.74) is 1.44. The van der Waals surface area contributed by atoms with Crippen molar-refractivity contribution in [1.82, 2.24) is 4.90 Å². The SMILES string of the molecule is CC(=O)/C=C/[C@@H]1[C@@H](OCc2ccccc2)[C@@H](OCc2ccccc2)[C@H](COC(=O)c2ccccc2)N1C(=O)OC(C)(C)C. The van der Waals surface area contributed by atoms with E-state index >= 15 is 0 Å². The first-order chi connectivity index (χ1) is 20.6. The fraction of sp³-hybridized carbons (Fsp3) is 0.343. The Labute approximate surface area is 253 Å². The lowest BCUT2D eigenvalue weighted by atomic mass is 10.1. The van der Waals surface area contributed by atoms with Crippen molar-refractivity contribution in [2.75, 3.05) is 6.61 Å². The van der Waals surface area contributed by atoms with E-state index in [0.29, 0.717) is 5.56 Å². The standard InChI is InChI=1S/C35H39NO7/c1-25(37)20-21-29-31(40-22-26-14-8-5-9-15-26)32(41-23-27-16-10-6-11-17-27)30(36(29)34(39)43-35(2,3)4)24-42-33(38)28-18-12-7-13-19-28/h5-21,29-32H,22-24H2,1-4H3/b21-20+/t29-,30+,31-,32+/m1/s1. The van der Waals surface area contributed by atoms with Gasteiger partial charge in [0, 0.05) is 0 Å². The topological polar surface area (TPSA) is 91.4 Å². The minimum Gasteiger partial charge on any atom is -0.460 e. The molecular weight excluding hydrogens is 546 g/mol. The molecule has 1 aliphatic rings. The predicted octanol–water partition coefficient (Wildman–Crippen LogP) is 6.15. The maximum Gasteiger partial charge on any atom is 0.411 e. The van der Waals surface area contributed by atoms with E-state index in [0.717, 1.165) is 11.1 Å². The number of rotatable bonds is 11. The number of likely N-dealkylation sites (tertiary alicyclic amines) is 1. The summed E-state index contributed by atoms with van der Waals surface area (Å²) in [5, 5.41) is 0. The van der Waals surface area contributed by atoms with Crippen molar-refractivity contribution < 1.29 is 33.3 Å². The van der Waals surface area contributed by atoms with Gasteiger partial charge in [-0.3, -0.25) is 9.69 Å². The van der Waals surface area contributed by atoms with Crippen LogP contribution in [0.25, 0.3) is 0 Å². The summed E-state index contributed by atoms with van der Waals surface area (Å²) in [6.45, 7) is 7.05. The van der Waals surface area contributed by atoms with E-state index in [4.69, 9.17) is 18.9 Å². The van der Waals surface area contributed by atoms with Gasteiger partial charge in [0.2, 0.25) is 0 Å². The molecule has 43 heavy (non-hydrogen) atoms. The van der Waals surface area contributed by atoms with Crippen LogP contribution in [0, 0.1) is 0 Å². The number of hydrogen-bond acceptors (Lipinski definition) is 7. The highest BCUT2D eigenvalue weighted by Gasteiger charge is 2.53. The number of carbonyl (C=O) groups is 3. The lowest BCUT2D eigenvalue weighted by molar-refractivity contribution is -0.112. The van der Waals surface area contributed by atoms with Crippen molar-refractivity contribution in [1.29, 1.82) is 0 Å². The second-order valence-corrected chi connectivity index (χ2v) is 11.4. The second-order valence-electron chi connectivity index (χ2n) is 11.4. The van der Waals surface area contributed by atoms with Crippen molar-refractivity contribution in [3.63, 3.8) is 0 Å². The third-order valence-electron chi connectivity index (χ3n) is 6.82. The van der Waals surface area contributed by atoms with E-state index < -0.39 is 42.0 Å². The van der Waals surface area contributed by atoms with Gasteiger partial charge < -0.3 is 18.9 Å². The van der Waals surface area contributed by atoms with Crippen LogP contribution < -0.4 is 0 Å². The summed E-state index contributed by atoms with van der Waals surface area (Å²) in [6, 6.07) is 26.4. The van der Waals surface area contributed by atoms with Crippen LogP contribution in [0.15, 0.2) is 103 Å². The Morgan fingerprint density at radius 2 is 1.28 bits per heavy atom. The highest BCUT2D eigenvalue weighted by molar-refractivity contribution is 5.89. The molecule has 1 aliphatic heterocycles. The number of benzene rings is 3. The van der Waals surface area contributed by atoms with Crippen molar-refractivity contribution >= 4 is 17.8 Å². The molecule has 0 bridgehead atoms. The molecule has 4 atom stereocenters. The first-order valence-corrected chi connectivity index (χ1v) is 14.4. The van der Waals surface area contributed by atoms with Crippen LogP contribution in [0.1, 0.15) is 49.2 Å². The summed E-state index contributed by atoms with van der Waals surface area (Å²) >= 11 is 0. The van der Waals surface area contributed by atoms with Gasteiger partial charge in [-0.15, -0.1) is 0 Å². The van der Waals surface area contributed by atoms with Crippen LogP contribution in [-0.4, -0.2) is 59.2 Å². The van der Waals surface area contributed by atoms with Crippen molar-refractivity contribution in [2.45, 2.75) is 70.8 Å². The van der Waals surface area contributed by atoms with Crippen LogP contribution >= 0.6 is 0 Å². The molecule has 8 nitrogen and oxygen atoms in total. The number of carbonyl (C=O) groups excluding carboxylic acids is 3. The Bertz CT molecular complexity index is 1370. The molecule has 0 aromatic heterocycles. The molecule has 1 amide bonds. The predicted molar refractivity (Wildman–Crippen MR) is 162 cm³/mol. The number of allylic oxidation sites excluding steroid dienone is 1. The highest BCUT2D eigenvalue weighted by atomic mass is 16.6. The molecule has 1 fully saturated rings. The highest BCUT2D eigenvalue weighted by Crippen LogP contribution is 2.34. The number of nitrogens with zero attached hydrogens (tertiary/aromatic N) is 1. The summed E-state index contributed by atoms with van der Waals surface area (Å²) in [6.07, 6.45) is 0.965. The largest absolute Gasteiger partial charge is 0.460 e. The molecular formula is C35H39NO7. The quantitative estimate of drug-likeness (QED) is 0.197. The third-order valence-corrected chi connectivity index (χ3v) is 6.82. The lowest BCUT2D eigenvalue weighted by Crippen LogP contribution is -2.48.